The minimum atomic E-state index is -4.67. The van der Waals surface area contributed by atoms with E-state index in [1.165, 1.54) is 6.92 Å². The number of piperidine rings is 1. The van der Waals surface area contributed by atoms with Gasteiger partial charge in [-0.15, -0.1) is 0 Å². The number of rotatable bonds is 2. The molecular formula is C14H17F3N2O. The third-order valence-corrected chi connectivity index (χ3v) is 3.60. The Morgan fingerprint density at radius 3 is 2.85 bits per heavy atom. The smallest absolute Gasteiger partial charge is 0.369 e. The largest absolute Gasteiger partial charge is 0.416 e. The predicted octanol–water partition coefficient (Wildman–Crippen LogP) is 2.19. The summed E-state index contributed by atoms with van der Waals surface area (Å²) in [5.74, 6) is -1.99. The van der Waals surface area contributed by atoms with Crippen molar-refractivity contribution < 1.29 is 20.7 Å². The van der Waals surface area contributed by atoms with E-state index in [1.54, 1.807) is 0 Å². The molecule has 1 fully saturated rings. The average Bonchev–Trinajstić information content (AvgIpc) is 2.36. The second kappa shape index (κ2) is 5.44. The second-order valence-electron chi connectivity index (χ2n) is 4.99. The van der Waals surface area contributed by atoms with E-state index in [1.807, 2.05) is 0 Å². The molecule has 1 aliphatic heterocycles. The lowest BCUT2D eigenvalue weighted by Crippen LogP contribution is -2.42. The van der Waals surface area contributed by atoms with Crippen molar-refractivity contribution in [3.63, 3.8) is 0 Å². The molecule has 0 saturated carbocycles. The number of primary amides is 1. The highest BCUT2D eigenvalue weighted by atomic mass is 19.4. The topological polar surface area (TPSA) is 55.1 Å². The maximum absolute atomic E-state index is 13.2. The van der Waals surface area contributed by atoms with Crippen molar-refractivity contribution in [2.24, 2.45) is 11.7 Å². The summed E-state index contributed by atoms with van der Waals surface area (Å²) < 4.78 is 55.4. The van der Waals surface area contributed by atoms with Gasteiger partial charge in [0, 0.05) is 6.54 Å². The van der Waals surface area contributed by atoms with Gasteiger partial charge in [-0.2, -0.15) is 13.2 Å². The van der Waals surface area contributed by atoms with Gasteiger partial charge in [0.2, 0.25) is 5.91 Å². The van der Waals surface area contributed by atoms with Crippen LogP contribution in [-0.2, 0) is 11.0 Å². The third-order valence-electron chi connectivity index (χ3n) is 3.60. The number of benzene rings is 1. The molecule has 2 atom stereocenters. The molecule has 20 heavy (non-hydrogen) atoms. The molecule has 0 bridgehead atoms. The maximum atomic E-state index is 13.2. The summed E-state index contributed by atoms with van der Waals surface area (Å²) in [4.78, 5) is 11.5. The van der Waals surface area contributed by atoms with Crippen LogP contribution in [0.25, 0.3) is 0 Å². The molecule has 0 aromatic heterocycles. The first-order valence-electron chi connectivity index (χ1n) is 7.32. The number of carbonyl (C=O) groups excluding carboxylic acids is 1. The number of hydrogen-bond donors (Lipinski definition) is 2. The molecule has 0 aliphatic carbocycles. The number of carbonyl (C=O) groups is 1. The Morgan fingerprint density at radius 2 is 2.25 bits per heavy atom. The van der Waals surface area contributed by atoms with Crippen LogP contribution in [-0.4, -0.2) is 19.0 Å². The van der Waals surface area contributed by atoms with Crippen LogP contribution in [0, 0.1) is 12.8 Å². The van der Waals surface area contributed by atoms with Crippen LogP contribution in [0.3, 0.4) is 0 Å². The molecule has 1 aromatic carbocycles. The highest BCUT2D eigenvalue weighted by molar-refractivity contribution is 5.78. The van der Waals surface area contributed by atoms with Crippen LogP contribution in [0.5, 0.6) is 0 Å². The fourth-order valence-electron chi connectivity index (χ4n) is 2.52. The van der Waals surface area contributed by atoms with Crippen LogP contribution < -0.4 is 11.1 Å². The van der Waals surface area contributed by atoms with Gasteiger partial charge in [0.05, 0.1) is 14.2 Å². The first kappa shape index (κ1) is 12.2. The molecule has 1 amide bonds. The van der Waals surface area contributed by atoms with Crippen molar-refractivity contribution in [2.75, 3.05) is 13.1 Å². The van der Waals surface area contributed by atoms with E-state index >= 15 is 0 Å². The Balaban J connectivity index is 2.61. The highest BCUT2D eigenvalue weighted by Gasteiger charge is 2.35. The van der Waals surface area contributed by atoms with E-state index in [4.69, 9.17) is 8.48 Å². The van der Waals surface area contributed by atoms with Crippen LogP contribution in [0.4, 0.5) is 13.2 Å². The monoisotopic (exact) mass is 288 g/mol. The van der Waals surface area contributed by atoms with Crippen LogP contribution in [0.1, 0.15) is 31.8 Å². The molecular weight excluding hydrogens is 269 g/mol. The van der Waals surface area contributed by atoms with E-state index in [9.17, 15) is 18.0 Å². The lowest BCUT2D eigenvalue weighted by atomic mass is 9.80. The minimum absolute atomic E-state index is 0.0387. The lowest BCUT2D eigenvalue weighted by molar-refractivity contribution is -0.138. The lowest BCUT2D eigenvalue weighted by Gasteiger charge is -2.31. The van der Waals surface area contributed by atoms with Crippen LogP contribution in [0.2, 0.25) is 0 Å². The number of alkyl halides is 3. The van der Waals surface area contributed by atoms with E-state index in [0.717, 1.165) is 6.07 Å². The molecule has 1 saturated heterocycles. The molecule has 0 radical (unpaired) electrons. The van der Waals surface area contributed by atoms with Gasteiger partial charge in [-0.25, -0.2) is 0 Å². The predicted molar refractivity (Wildman–Crippen MR) is 69.1 cm³/mol. The summed E-state index contributed by atoms with van der Waals surface area (Å²) >= 11 is 0. The Morgan fingerprint density at radius 1 is 1.55 bits per heavy atom. The number of aryl methyl sites for hydroxylation is 1. The third kappa shape index (κ3) is 2.95. The fraction of sp³-hybridized carbons (Fsp3) is 0.500. The van der Waals surface area contributed by atoms with Crippen molar-refractivity contribution in [2.45, 2.75) is 25.4 Å². The van der Waals surface area contributed by atoms with Crippen molar-refractivity contribution >= 4 is 5.91 Å². The normalized spacial score (nSPS) is 25.0. The summed E-state index contributed by atoms with van der Waals surface area (Å²) in [5.41, 5.74) is 4.09. The van der Waals surface area contributed by atoms with Crippen molar-refractivity contribution in [3.05, 3.63) is 34.8 Å². The number of nitrogens with one attached hydrogen (secondary N) is 1. The highest BCUT2D eigenvalue weighted by Crippen LogP contribution is 2.36. The van der Waals surface area contributed by atoms with Gasteiger partial charge in [-0.1, -0.05) is 12.1 Å². The zero-order chi connectivity index (χ0) is 16.7. The Hall–Kier alpha value is -1.56. The molecule has 110 valence electrons. The summed E-state index contributed by atoms with van der Waals surface area (Å²) in [6, 6.07) is 0.250. The molecule has 6 heteroatoms. The van der Waals surface area contributed by atoms with Crippen molar-refractivity contribution in [3.8, 4) is 0 Å². The van der Waals surface area contributed by atoms with Gasteiger partial charge < -0.3 is 11.1 Å². The zero-order valence-corrected chi connectivity index (χ0v) is 11.0. The first-order chi connectivity index (χ1) is 10.1. The van der Waals surface area contributed by atoms with Crippen LogP contribution in [0.15, 0.2) is 18.2 Å². The average molecular weight is 288 g/mol. The van der Waals surface area contributed by atoms with E-state index in [-0.39, 0.29) is 23.7 Å². The number of hydrogen-bond acceptors (Lipinski definition) is 2. The molecule has 2 rings (SSSR count). The summed E-state index contributed by atoms with van der Waals surface area (Å²) in [7, 11) is 0. The fourth-order valence-corrected chi connectivity index (χ4v) is 2.52. The van der Waals surface area contributed by atoms with E-state index in [0.29, 0.717) is 13.0 Å². The van der Waals surface area contributed by atoms with E-state index in [2.05, 4.69) is 5.32 Å². The molecule has 3 nitrogen and oxygen atoms in total. The Kier molecular flexibility index (Phi) is 3.32. The quantitative estimate of drug-likeness (QED) is 0.876. The van der Waals surface area contributed by atoms with Crippen molar-refractivity contribution in [1.82, 2.24) is 5.32 Å². The first-order valence-corrected chi connectivity index (χ1v) is 6.32. The number of halogens is 3. The maximum Gasteiger partial charge on any atom is 0.416 e. The summed E-state index contributed by atoms with van der Waals surface area (Å²) in [5, 5.41) is 2.97. The van der Waals surface area contributed by atoms with Gasteiger partial charge in [-0.05, 0) is 43.0 Å². The van der Waals surface area contributed by atoms with Gasteiger partial charge in [0.1, 0.15) is 0 Å². The van der Waals surface area contributed by atoms with Gasteiger partial charge in [0.15, 0.2) is 0 Å². The minimum Gasteiger partial charge on any atom is -0.369 e. The molecule has 1 aliphatic rings. The molecule has 2 unspecified atom stereocenters. The Bertz CT molecular complexity index is 605. The summed E-state index contributed by atoms with van der Waals surface area (Å²) in [6.07, 6.45) is -4.30. The summed E-state index contributed by atoms with van der Waals surface area (Å²) in [6.45, 7) is 1.98. The number of amides is 1. The SMILES string of the molecule is [2H]c1cc(C)c(C(F)(F)F)c([2H])c1C1CCNCC1C(N)=O. The molecule has 1 aromatic rings. The van der Waals surface area contributed by atoms with Gasteiger partial charge >= 0.3 is 6.18 Å². The van der Waals surface area contributed by atoms with Crippen LogP contribution >= 0.6 is 0 Å². The molecule has 0 spiro atoms. The number of nitrogens with two attached hydrogens (primary N) is 1. The molecule has 3 N–H and O–H groups in total. The standard InChI is InChI=1S/C14H17F3N2O/c1-8-2-3-9(6-12(8)14(15,16)17)10-4-5-19-7-11(10)13(18)20/h2-3,6,10-11,19H,4-5,7H2,1H3,(H2,18,20)/i3D,6D. The zero-order valence-electron chi connectivity index (χ0n) is 13.0. The molecule has 1 heterocycles. The van der Waals surface area contributed by atoms with Crippen molar-refractivity contribution in [1.29, 1.82) is 0 Å². The Labute approximate surface area is 118 Å². The second-order valence-corrected chi connectivity index (χ2v) is 4.99. The van der Waals surface area contributed by atoms with Gasteiger partial charge in [0.25, 0.3) is 0 Å². The van der Waals surface area contributed by atoms with E-state index < -0.39 is 35.5 Å². The van der Waals surface area contributed by atoms with Gasteiger partial charge in [-0.3, -0.25) is 4.79 Å².